The Kier molecular flexibility index (Phi) is 8.35. The first-order valence-corrected chi connectivity index (χ1v) is 10.8. The summed E-state index contributed by atoms with van der Waals surface area (Å²) in [7, 11) is 0. The summed E-state index contributed by atoms with van der Waals surface area (Å²) in [5, 5.41) is 14.8. The van der Waals surface area contributed by atoms with E-state index in [9.17, 15) is 28.0 Å². The average Bonchev–Trinajstić information content (AvgIpc) is 2.84. The first-order chi connectivity index (χ1) is 17.0. The number of ether oxygens (including phenoxy) is 1. The van der Waals surface area contributed by atoms with Gasteiger partial charge in [0.15, 0.2) is 6.61 Å². The number of rotatable bonds is 7. The number of nitriles is 1. The molecule has 0 saturated carbocycles. The normalized spacial score (nSPS) is 11.4. The van der Waals surface area contributed by atoms with Gasteiger partial charge >= 0.3 is 6.18 Å². The van der Waals surface area contributed by atoms with Gasteiger partial charge in [0.1, 0.15) is 17.4 Å². The molecule has 0 bridgehead atoms. The number of carbonyl (C=O) groups is 2. The van der Waals surface area contributed by atoms with Crippen LogP contribution in [0.5, 0.6) is 5.75 Å². The van der Waals surface area contributed by atoms with Crippen LogP contribution in [-0.2, 0) is 15.8 Å². The molecule has 0 atom stereocenters. The van der Waals surface area contributed by atoms with Crippen LogP contribution in [0.15, 0.2) is 72.3 Å². The maximum absolute atomic E-state index is 12.9. The predicted octanol–water partition coefficient (Wildman–Crippen LogP) is 6.23. The van der Waals surface area contributed by atoms with E-state index in [1.807, 2.05) is 6.92 Å². The number of anilines is 2. The van der Waals surface area contributed by atoms with E-state index in [2.05, 4.69) is 10.6 Å². The summed E-state index contributed by atoms with van der Waals surface area (Å²) < 4.78 is 44.0. The SMILES string of the molecule is Cc1ccc(NC(=O)COc2ccc(/C=C(\C#N)C(=O)Nc3cccc(C(F)(F)F)c3)cc2)cc1Cl. The number of nitrogens with zero attached hydrogens (tertiary/aromatic N) is 1. The van der Waals surface area contributed by atoms with E-state index in [1.165, 1.54) is 12.1 Å². The van der Waals surface area contributed by atoms with Gasteiger partial charge in [-0.25, -0.2) is 0 Å². The Morgan fingerprint density at radius 2 is 1.72 bits per heavy atom. The van der Waals surface area contributed by atoms with E-state index in [-0.39, 0.29) is 17.9 Å². The Morgan fingerprint density at radius 3 is 2.36 bits per heavy atom. The summed E-state index contributed by atoms with van der Waals surface area (Å²) in [5.41, 5.74) is 0.564. The van der Waals surface area contributed by atoms with E-state index in [4.69, 9.17) is 16.3 Å². The van der Waals surface area contributed by atoms with E-state index < -0.39 is 23.6 Å². The fraction of sp³-hybridized carbons (Fsp3) is 0.115. The molecule has 0 fully saturated rings. The number of halogens is 4. The number of nitrogens with one attached hydrogen (secondary N) is 2. The van der Waals surface area contributed by atoms with Crippen molar-refractivity contribution in [1.82, 2.24) is 0 Å². The van der Waals surface area contributed by atoms with Crippen LogP contribution in [-0.4, -0.2) is 18.4 Å². The standard InChI is InChI=1S/C26H19ClF3N3O3/c1-16-5-8-21(13-23(16)27)32-24(34)15-36-22-9-6-17(7-10-22)11-18(14-31)25(35)33-20-4-2-3-19(12-20)26(28,29)30/h2-13H,15H2,1H3,(H,32,34)(H,33,35)/b18-11+. The first-order valence-electron chi connectivity index (χ1n) is 10.4. The van der Waals surface area contributed by atoms with Crippen molar-refractivity contribution in [2.75, 3.05) is 17.2 Å². The Morgan fingerprint density at radius 1 is 1.03 bits per heavy atom. The zero-order valence-corrected chi connectivity index (χ0v) is 19.6. The first kappa shape index (κ1) is 26.3. The third-order valence-corrected chi connectivity index (χ3v) is 5.24. The molecule has 0 radical (unpaired) electrons. The van der Waals surface area contributed by atoms with Crippen LogP contribution >= 0.6 is 11.6 Å². The molecule has 3 rings (SSSR count). The van der Waals surface area contributed by atoms with Crippen LogP contribution in [0.25, 0.3) is 6.08 Å². The number of aryl methyl sites for hydroxylation is 1. The lowest BCUT2D eigenvalue weighted by molar-refractivity contribution is -0.137. The van der Waals surface area contributed by atoms with Crippen LogP contribution < -0.4 is 15.4 Å². The van der Waals surface area contributed by atoms with Crippen molar-refractivity contribution in [2.45, 2.75) is 13.1 Å². The van der Waals surface area contributed by atoms with Gasteiger partial charge < -0.3 is 15.4 Å². The topological polar surface area (TPSA) is 91.2 Å². The van der Waals surface area contributed by atoms with Crippen molar-refractivity contribution >= 4 is 40.9 Å². The van der Waals surface area contributed by atoms with Crippen molar-refractivity contribution in [3.05, 3.63) is 94.0 Å². The molecule has 0 aliphatic heterocycles. The highest BCUT2D eigenvalue weighted by Crippen LogP contribution is 2.30. The number of hydrogen-bond donors (Lipinski definition) is 2. The molecule has 2 amide bonds. The van der Waals surface area contributed by atoms with Gasteiger partial charge in [0.2, 0.25) is 0 Å². The summed E-state index contributed by atoms with van der Waals surface area (Å²) in [6, 6.07) is 17.2. The third kappa shape index (κ3) is 7.35. The highest BCUT2D eigenvalue weighted by atomic mass is 35.5. The van der Waals surface area contributed by atoms with Crippen molar-refractivity contribution in [3.8, 4) is 11.8 Å². The van der Waals surface area contributed by atoms with Gasteiger partial charge in [0, 0.05) is 16.4 Å². The molecule has 184 valence electrons. The molecule has 36 heavy (non-hydrogen) atoms. The summed E-state index contributed by atoms with van der Waals surface area (Å²) in [6.07, 6.45) is -3.28. The summed E-state index contributed by atoms with van der Waals surface area (Å²) in [4.78, 5) is 24.5. The Hall–Kier alpha value is -4.29. The molecular weight excluding hydrogens is 495 g/mol. The highest BCUT2D eigenvalue weighted by molar-refractivity contribution is 6.31. The maximum Gasteiger partial charge on any atom is 0.416 e. The predicted molar refractivity (Wildman–Crippen MR) is 130 cm³/mol. The summed E-state index contributed by atoms with van der Waals surface area (Å²) in [5.74, 6) is -0.877. The fourth-order valence-corrected chi connectivity index (χ4v) is 3.14. The zero-order valence-electron chi connectivity index (χ0n) is 18.8. The fourth-order valence-electron chi connectivity index (χ4n) is 2.96. The average molecular weight is 514 g/mol. The monoisotopic (exact) mass is 513 g/mol. The Balaban J connectivity index is 1.59. The van der Waals surface area contributed by atoms with Crippen molar-refractivity contribution in [2.24, 2.45) is 0 Å². The molecular formula is C26H19ClF3N3O3. The third-order valence-electron chi connectivity index (χ3n) is 4.83. The maximum atomic E-state index is 12.9. The molecule has 0 aliphatic rings. The van der Waals surface area contributed by atoms with E-state index in [1.54, 1.807) is 48.5 Å². The number of hydrogen-bond acceptors (Lipinski definition) is 4. The van der Waals surface area contributed by atoms with Gasteiger partial charge in [-0.1, -0.05) is 35.9 Å². The van der Waals surface area contributed by atoms with E-state index in [0.29, 0.717) is 22.0 Å². The molecule has 10 heteroatoms. The quantitative estimate of drug-likeness (QED) is 0.289. The number of carbonyl (C=O) groups excluding carboxylic acids is 2. The number of amides is 2. The van der Waals surface area contributed by atoms with Crippen molar-refractivity contribution in [1.29, 1.82) is 5.26 Å². The second-order valence-electron chi connectivity index (χ2n) is 7.57. The molecule has 2 N–H and O–H groups in total. The molecule has 3 aromatic rings. The van der Waals surface area contributed by atoms with Gasteiger partial charge in [-0.2, -0.15) is 18.4 Å². The molecule has 3 aromatic carbocycles. The molecule has 0 unspecified atom stereocenters. The minimum Gasteiger partial charge on any atom is -0.484 e. The molecule has 6 nitrogen and oxygen atoms in total. The number of benzene rings is 3. The second kappa shape index (κ2) is 11.4. The van der Waals surface area contributed by atoms with Gasteiger partial charge in [-0.3, -0.25) is 9.59 Å². The van der Waals surface area contributed by atoms with Crippen LogP contribution in [0.2, 0.25) is 5.02 Å². The smallest absolute Gasteiger partial charge is 0.416 e. The summed E-state index contributed by atoms with van der Waals surface area (Å²) >= 11 is 6.04. The van der Waals surface area contributed by atoms with Crippen LogP contribution in [0.4, 0.5) is 24.5 Å². The molecule has 0 heterocycles. The van der Waals surface area contributed by atoms with E-state index in [0.717, 1.165) is 23.8 Å². The second-order valence-corrected chi connectivity index (χ2v) is 7.98. The Labute approximate surface area is 210 Å². The lowest BCUT2D eigenvalue weighted by Gasteiger charge is -2.10. The summed E-state index contributed by atoms with van der Waals surface area (Å²) in [6.45, 7) is 1.59. The molecule has 0 aliphatic carbocycles. The zero-order chi connectivity index (χ0) is 26.3. The van der Waals surface area contributed by atoms with Crippen LogP contribution in [0, 0.1) is 18.3 Å². The van der Waals surface area contributed by atoms with Gasteiger partial charge in [0.05, 0.1) is 5.56 Å². The van der Waals surface area contributed by atoms with Crippen LogP contribution in [0.3, 0.4) is 0 Å². The van der Waals surface area contributed by atoms with Gasteiger partial charge in [-0.15, -0.1) is 0 Å². The lowest BCUT2D eigenvalue weighted by atomic mass is 10.1. The minimum atomic E-state index is -4.56. The largest absolute Gasteiger partial charge is 0.484 e. The van der Waals surface area contributed by atoms with Crippen molar-refractivity contribution < 1.29 is 27.5 Å². The molecule has 0 spiro atoms. The molecule has 0 aromatic heterocycles. The van der Waals surface area contributed by atoms with E-state index >= 15 is 0 Å². The van der Waals surface area contributed by atoms with Gasteiger partial charge in [0.25, 0.3) is 11.8 Å². The Bertz CT molecular complexity index is 1350. The molecule has 0 saturated heterocycles. The van der Waals surface area contributed by atoms with Crippen LogP contribution in [0.1, 0.15) is 16.7 Å². The highest BCUT2D eigenvalue weighted by Gasteiger charge is 2.30. The lowest BCUT2D eigenvalue weighted by Crippen LogP contribution is -2.20. The van der Waals surface area contributed by atoms with Gasteiger partial charge in [-0.05, 0) is 66.6 Å². The number of alkyl halides is 3. The van der Waals surface area contributed by atoms with Crippen molar-refractivity contribution in [3.63, 3.8) is 0 Å². The minimum absolute atomic E-state index is 0.0918.